The van der Waals surface area contributed by atoms with Crippen molar-refractivity contribution in [1.82, 2.24) is 0 Å². The van der Waals surface area contributed by atoms with E-state index in [1.54, 1.807) is 77.0 Å². The summed E-state index contributed by atoms with van der Waals surface area (Å²) in [4.78, 5) is 0. The minimum Gasteiger partial charge on any atom is -0.0654 e. The summed E-state index contributed by atoms with van der Waals surface area (Å²) in [6, 6.07) is 0. The van der Waals surface area contributed by atoms with Gasteiger partial charge in [0.1, 0.15) is 4.57 Å². The maximum Gasteiger partial charge on any atom is 0.124 e. The van der Waals surface area contributed by atoms with E-state index >= 15 is 0 Å². The van der Waals surface area contributed by atoms with Crippen molar-refractivity contribution in [2.45, 2.75) is 176 Å². The second-order valence-corrected chi connectivity index (χ2v) is 17.5. The number of unbranched alkanes of at least 4 members (excludes halogenated alkanes) is 6. The maximum absolute atomic E-state index is 4.55. The van der Waals surface area contributed by atoms with E-state index in [4.69, 9.17) is 0 Å². The van der Waals surface area contributed by atoms with Crippen LogP contribution in [0.5, 0.6) is 0 Å². The van der Waals surface area contributed by atoms with Crippen LogP contribution in [0.15, 0.2) is 0 Å². The number of hydrogen-bond donors (Lipinski definition) is 0. The van der Waals surface area contributed by atoms with E-state index < -0.39 is 7.26 Å². The van der Waals surface area contributed by atoms with E-state index in [0.29, 0.717) is 0 Å². The summed E-state index contributed by atoms with van der Waals surface area (Å²) >= 11 is 4.55. The van der Waals surface area contributed by atoms with Gasteiger partial charge in [-0.2, -0.15) is 0 Å². The third-order valence-electron chi connectivity index (χ3n) is 9.15. The molecule has 0 aromatic carbocycles. The molecule has 0 aromatic rings. The molecule has 0 spiro atoms. The fraction of sp³-hybridized carbons (Fsp3) is 1.00. The highest BCUT2D eigenvalue weighted by Crippen LogP contribution is 2.81. The van der Waals surface area contributed by atoms with Gasteiger partial charge in [0.25, 0.3) is 0 Å². The molecule has 3 saturated carbocycles. The molecule has 3 aliphatic rings. The highest BCUT2D eigenvalue weighted by Gasteiger charge is 2.60. The Balaban J connectivity index is 1.72. The highest BCUT2D eigenvalue weighted by molar-refractivity contribution is 9.11. The van der Waals surface area contributed by atoms with Gasteiger partial charge in [0.15, 0.2) is 0 Å². The van der Waals surface area contributed by atoms with Crippen LogP contribution in [0.1, 0.15) is 155 Å². The van der Waals surface area contributed by atoms with E-state index in [1.165, 1.54) is 70.6 Å². The van der Waals surface area contributed by atoms with Crippen molar-refractivity contribution in [3.63, 3.8) is 0 Å². The third-order valence-corrected chi connectivity index (χ3v) is 18.3. The van der Waals surface area contributed by atoms with Crippen molar-refractivity contribution in [1.29, 1.82) is 0 Å². The van der Waals surface area contributed by atoms with Crippen molar-refractivity contribution >= 4 is 23.2 Å². The first-order chi connectivity index (χ1) is 14.8. The van der Waals surface area contributed by atoms with Crippen LogP contribution in [-0.2, 0) is 0 Å². The predicted octanol–water partition coefficient (Wildman–Crippen LogP) is 10.9. The van der Waals surface area contributed by atoms with Crippen LogP contribution in [0.4, 0.5) is 0 Å². The Labute approximate surface area is 199 Å². The normalized spacial score (nSPS) is 24.2. The van der Waals surface area contributed by atoms with Crippen LogP contribution in [-0.4, -0.2) is 21.5 Å². The molecule has 0 aromatic heterocycles. The lowest BCUT2D eigenvalue weighted by atomic mass is 9.99. The molecule has 176 valence electrons. The lowest BCUT2D eigenvalue weighted by molar-refractivity contribution is 0.447. The van der Waals surface area contributed by atoms with Crippen molar-refractivity contribution in [2.75, 3.05) is 0 Å². The van der Waals surface area contributed by atoms with Gasteiger partial charge in [0.2, 0.25) is 0 Å². The molecule has 3 fully saturated rings. The standard InChI is InChI=1S/C28H53BrP/c1-2-3-4-5-6-7-17-24-28(29)30(25-18-11-8-12-19-25,26-20-13-9-14-21-26)27-22-15-10-16-23-27/h25-28H,2-24H2,1H3/q+1. The average Bonchev–Trinajstić information content (AvgIpc) is 2.81. The zero-order valence-electron chi connectivity index (χ0n) is 20.4. The van der Waals surface area contributed by atoms with Crippen LogP contribution in [0.25, 0.3) is 0 Å². The monoisotopic (exact) mass is 499 g/mol. The number of halogens is 1. The fourth-order valence-electron chi connectivity index (χ4n) is 7.66. The number of hydrogen-bond acceptors (Lipinski definition) is 0. The van der Waals surface area contributed by atoms with Gasteiger partial charge >= 0.3 is 0 Å². The molecule has 1 atom stereocenters. The Hall–Kier alpha value is 0.910. The summed E-state index contributed by atoms with van der Waals surface area (Å²) in [6.45, 7) is 2.33. The van der Waals surface area contributed by atoms with Gasteiger partial charge in [-0.3, -0.25) is 0 Å². The Morgan fingerprint density at radius 1 is 0.567 bits per heavy atom. The summed E-state index contributed by atoms with van der Waals surface area (Å²) in [5.74, 6) is 0. The molecule has 0 amide bonds. The smallest absolute Gasteiger partial charge is 0.0654 e. The van der Waals surface area contributed by atoms with Gasteiger partial charge in [0, 0.05) is 7.26 Å². The molecule has 0 saturated heterocycles. The minimum absolute atomic E-state index is 0.898. The molecule has 3 aliphatic carbocycles. The van der Waals surface area contributed by atoms with Crippen LogP contribution < -0.4 is 0 Å². The molecule has 0 heterocycles. The second-order valence-electron chi connectivity index (χ2n) is 11.1. The van der Waals surface area contributed by atoms with E-state index in [1.807, 2.05) is 0 Å². The van der Waals surface area contributed by atoms with Crippen molar-refractivity contribution < 1.29 is 0 Å². The van der Waals surface area contributed by atoms with Crippen molar-refractivity contribution in [2.24, 2.45) is 0 Å². The Bertz CT molecular complexity index is 386. The Kier molecular flexibility index (Phi) is 12.1. The van der Waals surface area contributed by atoms with Crippen molar-refractivity contribution in [3.05, 3.63) is 0 Å². The summed E-state index contributed by atoms with van der Waals surface area (Å²) in [6.07, 6.45) is 35.2. The van der Waals surface area contributed by atoms with Gasteiger partial charge in [-0.25, -0.2) is 0 Å². The Morgan fingerprint density at radius 3 is 1.33 bits per heavy atom. The van der Waals surface area contributed by atoms with E-state index in [2.05, 4.69) is 22.9 Å². The van der Waals surface area contributed by atoms with E-state index in [-0.39, 0.29) is 0 Å². The molecular formula is C28H53BrP+. The lowest BCUT2D eigenvalue weighted by Crippen LogP contribution is -2.40. The largest absolute Gasteiger partial charge is 0.124 e. The first kappa shape index (κ1) is 25.5. The van der Waals surface area contributed by atoms with Crippen LogP contribution >= 0.6 is 23.2 Å². The Morgan fingerprint density at radius 2 is 0.933 bits per heavy atom. The summed E-state index contributed by atoms with van der Waals surface area (Å²) < 4.78 is 0.898. The maximum atomic E-state index is 4.55. The molecule has 0 nitrogen and oxygen atoms in total. The SMILES string of the molecule is CCCCCCCCCC(Br)[P+](C1CCCCC1)(C1CCCCC1)C1CCCCC1. The summed E-state index contributed by atoms with van der Waals surface area (Å²) in [5.41, 5.74) is 3.39. The molecule has 0 radical (unpaired) electrons. The third kappa shape index (κ3) is 6.72. The van der Waals surface area contributed by atoms with Gasteiger partial charge in [0.05, 0.1) is 17.0 Å². The average molecular weight is 501 g/mol. The molecule has 2 heteroatoms. The molecule has 0 N–H and O–H groups in total. The summed E-state index contributed by atoms with van der Waals surface area (Å²) in [7, 11) is -0.963. The molecular weight excluding hydrogens is 447 g/mol. The fourth-order valence-corrected chi connectivity index (χ4v) is 18.6. The van der Waals surface area contributed by atoms with Gasteiger partial charge in [-0.05, 0) is 106 Å². The first-order valence-electron chi connectivity index (χ1n) is 14.3. The van der Waals surface area contributed by atoms with Gasteiger partial charge in [-0.1, -0.05) is 64.7 Å². The predicted molar refractivity (Wildman–Crippen MR) is 143 cm³/mol. The zero-order chi connectivity index (χ0) is 21.1. The summed E-state index contributed by atoms with van der Waals surface area (Å²) in [5, 5.41) is 0. The topological polar surface area (TPSA) is 0 Å². The lowest BCUT2D eigenvalue weighted by Gasteiger charge is -2.51. The van der Waals surface area contributed by atoms with Crippen molar-refractivity contribution in [3.8, 4) is 0 Å². The van der Waals surface area contributed by atoms with Crippen LogP contribution in [0, 0.1) is 0 Å². The van der Waals surface area contributed by atoms with E-state index in [9.17, 15) is 0 Å². The quantitative estimate of drug-likeness (QED) is 0.142. The minimum atomic E-state index is -0.963. The second kappa shape index (κ2) is 14.2. The zero-order valence-corrected chi connectivity index (χ0v) is 22.9. The molecule has 30 heavy (non-hydrogen) atoms. The highest BCUT2D eigenvalue weighted by atomic mass is 79.9. The van der Waals surface area contributed by atoms with Gasteiger partial charge in [-0.15, -0.1) is 0 Å². The van der Waals surface area contributed by atoms with Gasteiger partial charge < -0.3 is 0 Å². The number of rotatable bonds is 12. The molecule has 1 unspecified atom stereocenters. The number of alkyl halides is 1. The molecule has 0 aliphatic heterocycles. The molecule has 3 rings (SSSR count). The van der Waals surface area contributed by atoms with Crippen LogP contribution in [0.3, 0.4) is 0 Å². The van der Waals surface area contributed by atoms with E-state index in [0.717, 1.165) is 21.5 Å². The first-order valence-corrected chi connectivity index (χ1v) is 17.3. The molecule has 0 bridgehead atoms. The van der Waals surface area contributed by atoms with Crippen LogP contribution in [0.2, 0.25) is 0 Å².